The highest BCUT2D eigenvalue weighted by Gasteiger charge is 2.35. The number of hydrogen-bond donors (Lipinski definition) is 1. The molecule has 3 heteroatoms. The number of amides is 1. The summed E-state index contributed by atoms with van der Waals surface area (Å²) < 4.78 is 0.960. The zero-order chi connectivity index (χ0) is 13.2. The van der Waals surface area contributed by atoms with Crippen LogP contribution in [0.25, 0.3) is 0 Å². The highest BCUT2D eigenvalue weighted by Crippen LogP contribution is 2.43. The van der Waals surface area contributed by atoms with Gasteiger partial charge in [-0.1, -0.05) is 29.3 Å². The van der Waals surface area contributed by atoms with Crippen molar-refractivity contribution in [1.82, 2.24) is 5.32 Å². The molecule has 0 aliphatic heterocycles. The Morgan fingerprint density at radius 3 is 2.61 bits per heavy atom. The van der Waals surface area contributed by atoms with Gasteiger partial charge in [0.05, 0.1) is 0 Å². The SMILES string of the molecule is CCC1(CNC(=O)c2cc(C)cc(Br)c2)CCC1. The van der Waals surface area contributed by atoms with Gasteiger partial charge in [-0.05, 0) is 55.4 Å². The minimum Gasteiger partial charge on any atom is -0.351 e. The van der Waals surface area contributed by atoms with Gasteiger partial charge in [-0.2, -0.15) is 0 Å². The summed E-state index contributed by atoms with van der Waals surface area (Å²) in [5.74, 6) is 0.0409. The molecule has 2 nitrogen and oxygen atoms in total. The number of rotatable bonds is 4. The van der Waals surface area contributed by atoms with Crippen LogP contribution >= 0.6 is 15.9 Å². The van der Waals surface area contributed by atoms with Crippen LogP contribution in [0.3, 0.4) is 0 Å². The Bertz CT molecular complexity index is 426. The number of hydrogen-bond acceptors (Lipinski definition) is 1. The van der Waals surface area contributed by atoms with Crippen molar-refractivity contribution in [3.05, 3.63) is 33.8 Å². The maximum atomic E-state index is 12.1. The summed E-state index contributed by atoms with van der Waals surface area (Å²) in [7, 11) is 0. The molecule has 0 saturated heterocycles. The second kappa shape index (κ2) is 5.43. The van der Waals surface area contributed by atoms with Gasteiger partial charge >= 0.3 is 0 Å². The van der Waals surface area contributed by atoms with Crippen molar-refractivity contribution in [2.45, 2.75) is 39.5 Å². The Morgan fingerprint density at radius 2 is 2.11 bits per heavy atom. The van der Waals surface area contributed by atoms with E-state index in [1.807, 2.05) is 25.1 Å². The summed E-state index contributed by atoms with van der Waals surface area (Å²) in [5.41, 5.74) is 2.22. The molecule has 0 heterocycles. The van der Waals surface area contributed by atoms with Crippen LogP contribution in [0.15, 0.2) is 22.7 Å². The Morgan fingerprint density at radius 1 is 1.39 bits per heavy atom. The van der Waals surface area contributed by atoms with E-state index in [4.69, 9.17) is 0 Å². The summed E-state index contributed by atoms with van der Waals surface area (Å²) in [6.07, 6.45) is 4.97. The van der Waals surface area contributed by atoms with Gasteiger partial charge in [-0.15, -0.1) is 0 Å². The summed E-state index contributed by atoms with van der Waals surface area (Å²) in [5, 5.41) is 3.09. The van der Waals surface area contributed by atoms with Crippen molar-refractivity contribution in [2.24, 2.45) is 5.41 Å². The number of benzene rings is 1. The molecule has 0 bridgehead atoms. The molecule has 0 unspecified atom stereocenters. The van der Waals surface area contributed by atoms with E-state index in [1.54, 1.807) is 0 Å². The van der Waals surface area contributed by atoms with Crippen LogP contribution in [-0.2, 0) is 0 Å². The number of halogens is 1. The lowest BCUT2D eigenvalue weighted by Crippen LogP contribution is -2.41. The Labute approximate surface area is 117 Å². The highest BCUT2D eigenvalue weighted by molar-refractivity contribution is 9.10. The van der Waals surface area contributed by atoms with E-state index in [2.05, 4.69) is 28.2 Å². The van der Waals surface area contributed by atoms with Gasteiger partial charge in [0, 0.05) is 16.6 Å². The molecule has 2 rings (SSSR count). The number of nitrogens with one attached hydrogen (secondary N) is 1. The summed E-state index contributed by atoms with van der Waals surface area (Å²) in [6, 6.07) is 5.82. The van der Waals surface area contributed by atoms with Crippen LogP contribution in [0, 0.1) is 12.3 Å². The topological polar surface area (TPSA) is 29.1 Å². The number of carbonyl (C=O) groups excluding carboxylic acids is 1. The molecular weight excluding hydrogens is 290 g/mol. The Kier molecular flexibility index (Phi) is 4.10. The van der Waals surface area contributed by atoms with Crippen molar-refractivity contribution in [3.8, 4) is 0 Å². The van der Waals surface area contributed by atoms with E-state index in [0.717, 1.165) is 28.6 Å². The zero-order valence-corrected chi connectivity index (χ0v) is 12.6. The van der Waals surface area contributed by atoms with Gasteiger partial charge in [0.2, 0.25) is 0 Å². The first-order valence-corrected chi connectivity index (χ1v) is 7.39. The molecule has 1 amide bonds. The second-order valence-corrected chi connectivity index (χ2v) is 6.32. The van der Waals surface area contributed by atoms with E-state index in [0.29, 0.717) is 5.41 Å². The van der Waals surface area contributed by atoms with Gasteiger partial charge in [-0.3, -0.25) is 4.79 Å². The maximum absolute atomic E-state index is 12.1. The number of aryl methyl sites for hydroxylation is 1. The molecule has 0 aromatic heterocycles. The molecule has 1 aliphatic carbocycles. The first-order valence-electron chi connectivity index (χ1n) is 6.60. The fourth-order valence-electron chi connectivity index (χ4n) is 2.57. The molecule has 1 aromatic carbocycles. The molecule has 1 N–H and O–H groups in total. The van der Waals surface area contributed by atoms with Crippen molar-refractivity contribution in [2.75, 3.05) is 6.54 Å². The Balaban J connectivity index is 1.99. The molecule has 0 atom stereocenters. The predicted molar refractivity (Wildman–Crippen MR) is 77.8 cm³/mol. The smallest absolute Gasteiger partial charge is 0.251 e. The summed E-state index contributed by atoms with van der Waals surface area (Å²) in [4.78, 5) is 12.1. The van der Waals surface area contributed by atoms with Crippen LogP contribution in [0.4, 0.5) is 0 Å². The lowest BCUT2D eigenvalue weighted by molar-refractivity contribution is 0.0850. The van der Waals surface area contributed by atoms with Crippen LogP contribution in [0.2, 0.25) is 0 Å². The second-order valence-electron chi connectivity index (χ2n) is 5.41. The zero-order valence-electron chi connectivity index (χ0n) is 11.1. The lowest BCUT2D eigenvalue weighted by Gasteiger charge is -2.41. The fraction of sp³-hybridized carbons (Fsp3) is 0.533. The van der Waals surface area contributed by atoms with Crippen LogP contribution in [0.5, 0.6) is 0 Å². The van der Waals surface area contributed by atoms with Gasteiger partial charge in [0.15, 0.2) is 0 Å². The molecule has 1 saturated carbocycles. The van der Waals surface area contributed by atoms with Crippen LogP contribution in [0.1, 0.15) is 48.5 Å². The van der Waals surface area contributed by atoms with Gasteiger partial charge in [-0.25, -0.2) is 0 Å². The third-order valence-electron chi connectivity index (χ3n) is 4.09. The average molecular weight is 310 g/mol. The van der Waals surface area contributed by atoms with Gasteiger partial charge < -0.3 is 5.32 Å². The van der Waals surface area contributed by atoms with Crippen LogP contribution < -0.4 is 5.32 Å². The standard InChI is InChI=1S/C15H20BrNO/c1-3-15(5-4-6-15)10-17-14(18)12-7-11(2)8-13(16)9-12/h7-9H,3-6,10H2,1-2H3,(H,17,18). The summed E-state index contributed by atoms with van der Waals surface area (Å²) >= 11 is 3.43. The molecular formula is C15H20BrNO. The molecule has 98 valence electrons. The van der Waals surface area contributed by atoms with Crippen LogP contribution in [-0.4, -0.2) is 12.5 Å². The van der Waals surface area contributed by atoms with Crippen molar-refractivity contribution < 1.29 is 4.79 Å². The normalized spacial score (nSPS) is 17.1. The molecule has 1 aromatic rings. The maximum Gasteiger partial charge on any atom is 0.251 e. The quantitative estimate of drug-likeness (QED) is 0.892. The number of carbonyl (C=O) groups is 1. The lowest BCUT2D eigenvalue weighted by atomic mass is 9.67. The first kappa shape index (κ1) is 13.6. The molecule has 0 radical (unpaired) electrons. The summed E-state index contributed by atoms with van der Waals surface area (Å²) in [6.45, 7) is 5.03. The third kappa shape index (κ3) is 2.94. The highest BCUT2D eigenvalue weighted by atomic mass is 79.9. The van der Waals surface area contributed by atoms with E-state index in [1.165, 1.54) is 19.3 Å². The third-order valence-corrected chi connectivity index (χ3v) is 4.55. The van der Waals surface area contributed by atoms with Crippen molar-refractivity contribution >= 4 is 21.8 Å². The monoisotopic (exact) mass is 309 g/mol. The first-order chi connectivity index (χ1) is 8.54. The van der Waals surface area contributed by atoms with E-state index in [-0.39, 0.29) is 5.91 Å². The molecule has 1 aliphatic rings. The van der Waals surface area contributed by atoms with Crippen molar-refractivity contribution in [1.29, 1.82) is 0 Å². The fourth-order valence-corrected chi connectivity index (χ4v) is 3.18. The predicted octanol–water partition coefficient (Wildman–Crippen LogP) is 4.07. The van der Waals surface area contributed by atoms with Gasteiger partial charge in [0.1, 0.15) is 0 Å². The van der Waals surface area contributed by atoms with Gasteiger partial charge in [0.25, 0.3) is 5.91 Å². The van der Waals surface area contributed by atoms with E-state index in [9.17, 15) is 4.79 Å². The minimum atomic E-state index is 0.0409. The van der Waals surface area contributed by atoms with E-state index >= 15 is 0 Å². The average Bonchev–Trinajstić information content (AvgIpc) is 2.26. The molecule has 18 heavy (non-hydrogen) atoms. The largest absolute Gasteiger partial charge is 0.351 e. The molecule has 1 fully saturated rings. The van der Waals surface area contributed by atoms with E-state index < -0.39 is 0 Å². The Hall–Kier alpha value is -0.830. The minimum absolute atomic E-state index is 0.0409. The molecule has 0 spiro atoms. The van der Waals surface area contributed by atoms with Crippen molar-refractivity contribution in [3.63, 3.8) is 0 Å².